The van der Waals surface area contributed by atoms with Crippen LogP contribution in [0.2, 0.25) is 0 Å². The van der Waals surface area contributed by atoms with E-state index in [2.05, 4.69) is 31.1 Å². The van der Waals surface area contributed by atoms with Crippen LogP contribution in [0.5, 0.6) is 0 Å². The maximum Gasteiger partial charge on any atom is 0.0337 e. The second-order valence-electron chi connectivity index (χ2n) is 3.92. The number of hydrogen-bond acceptors (Lipinski definition) is 2. The quantitative estimate of drug-likeness (QED) is 0.820. The third-order valence-electron chi connectivity index (χ3n) is 2.27. The third kappa shape index (κ3) is 8.30. The molecule has 0 atom stereocenters. The van der Waals surface area contributed by atoms with Gasteiger partial charge in [-0.25, -0.2) is 0 Å². The van der Waals surface area contributed by atoms with E-state index in [0.717, 1.165) is 5.69 Å². The van der Waals surface area contributed by atoms with Crippen LogP contribution in [0.4, 0.5) is 5.69 Å². The van der Waals surface area contributed by atoms with Gasteiger partial charge in [-0.05, 0) is 45.1 Å². The van der Waals surface area contributed by atoms with Crippen LogP contribution in [-0.4, -0.2) is 32.1 Å². The first-order chi connectivity index (χ1) is 7.74. The summed E-state index contributed by atoms with van der Waals surface area (Å²) in [6, 6.07) is 10.1. The zero-order valence-corrected chi connectivity index (χ0v) is 11.2. The Morgan fingerprint density at radius 2 is 1.50 bits per heavy atom. The molecule has 0 radical (unpaired) electrons. The Kier molecular flexibility index (Phi) is 9.83. The summed E-state index contributed by atoms with van der Waals surface area (Å²) < 4.78 is 0. The monoisotopic (exact) mass is 222 g/mol. The molecule has 16 heavy (non-hydrogen) atoms. The first kappa shape index (κ1) is 15.0. The Morgan fingerprint density at radius 1 is 1.00 bits per heavy atom. The van der Waals surface area contributed by atoms with Crippen LogP contribution in [0, 0.1) is 0 Å². The Bertz CT molecular complexity index is 228. The third-order valence-corrected chi connectivity index (χ3v) is 2.27. The van der Waals surface area contributed by atoms with Crippen molar-refractivity contribution >= 4 is 5.69 Å². The van der Waals surface area contributed by atoms with Crippen LogP contribution in [0.1, 0.15) is 26.7 Å². The second kappa shape index (κ2) is 10.5. The summed E-state index contributed by atoms with van der Waals surface area (Å²) in [5, 5.41) is 3.03. The minimum absolute atomic E-state index is 1.16. The Morgan fingerprint density at radius 3 is 1.81 bits per heavy atom. The van der Waals surface area contributed by atoms with Gasteiger partial charge in [0.1, 0.15) is 0 Å². The minimum Gasteiger partial charge on any atom is -0.388 e. The molecule has 0 spiro atoms. The summed E-state index contributed by atoms with van der Waals surface area (Å²) in [4.78, 5) is 2.36. The molecule has 0 aliphatic heterocycles. The first-order valence-corrected chi connectivity index (χ1v) is 6.15. The topological polar surface area (TPSA) is 15.3 Å². The lowest BCUT2D eigenvalue weighted by Crippen LogP contribution is -2.19. The lowest BCUT2D eigenvalue weighted by molar-refractivity contribution is 0.335. The van der Waals surface area contributed by atoms with E-state index in [-0.39, 0.29) is 0 Å². The van der Waals surface area contributed by atoms with Gasteiger partial charge < -0.3 is 10.2 Å². The first-order valence-electron chi connectivity index (χ1n) is 6.15. The second-order valence-corrected chi connectivity index (χ2v) is 3.92. The van der Waals surface area contributed by atoms with E-state index in [4.69, 9.17) is 0 Å². The molecule has 0 aliphatic carbocycles. The minimum atomic E-state index is 1.16. The molecule has 92 valence electrons. The van der Waals surface area contributed by atoms with Crippen molar-refractivity contribution in [1.29, 1.82) is 0 Å². The molecular weight excluding hydrogens is 196 g/mol. The van der Waals surface area contributed by atoms with Crippen LogP contribution >= 0.6 is 0 Å². The zero-order chi connectivity index (χ0) is 12.2. The molecule has 1 aromatic rings. The maximum absolute atomic E-state index is 3.03. The molecule has 0 saturated heterocycles. The average Bonchev–Trinajstić information content (AvgIpc) is 2.32. The van der Waals surface area contributed by atoms with Gasteiger partial charge in [0.2, 0.25) is 0 Å². The van der Waals surface area contributed by atoms with Crippen LogP contribution in [0.3, 0.4) is 0 Å². The normalized spacial score (nSPS) is 9.56. The molecule has 1 N–H and O–H groups in total. The summed E-state index contributed by atoms with van der Waals surface area (Å²) in [7, 11) is 4.09. The van der Waals surface area contributed by atoms with Gasteiger partial charge in [-0.1, -0.05) is 32.0 Å². The lowest BCUT2D eigenvalue weighted by atomic mass is 10.3. The fourth-order valence-corrected chi connectivity index (χ4v) is 1.48. The predicted octanol–water partition coefficient (Wildman–Crippen LogP) is 3.47. The fourth-order valence-electron chi connectivity index (χ4n) is 1.48. The summed E-state index contributed by atoms with van der Waals surface area (Å²) >= 11 is 0. The highest BCUT2D eigenvalue weighted by atomic mass is 15.1. The highest BCUT2D eigenvalue weighted by molar-refractivity contribution is 5.41. The molecule has 2 heteroatoms. The van der Waals surface area contributed by atoms with Crippen molar-refractivity contribution in [3.8, 4) is 0 Å². The van der Waals surface area contributed by atoms with Crippen LogP contribution in [0.25, 0.3) is 0 Å². The lowest BCUT2D eigenvalue weighted by Gasteiger charge is -2.12. The van der Waals surface area contributed by atoms with Gasteiger partial charge in [0.15, 0.2) is 0 Å². The smallest absolute Gasteiger partial charge is 0.0337 e. The van der Waals surface area contributed by atoms with E-state index in [1.165, 1.54) is 25.9 Å². The van der Waals surface area contributed by atoms with Crippen LogP contribution in [0.15, 0.2) is 30.3 Å². The van der Waals surface area contributed by atoms with Gasteiger partial charge in [-0.15, -0.1) is 0 Å². The number of nitrogens with zero attached hydrogens (tertiary/aromatic N) is 1. The van der Waals surface area contributed by atoms with E-state index in [1.54, 1.807) is 0 Å². The molecule has 0 amide bonds. The van der Waals surface area contributed by atoms with Gasteiger partial charge in [0, 0.05) is 12.7 Å². The van der Waals surface area contributed by atoms with Crippen LogP contribution in [-0.2, 0) is 0 Å². The standard InChI is InChI=1S/C7H9N.C7H17N/c1-8-7-5-3-2-4-6-7;1-4-6-8(3)7-5-2/h2-6,8H,1H3;4-7H2,1-3H3. The van der Waals surface area contributed by atoms with E-state index in [1.807, 2.05) is 37.4 Å². The number of hydrogen-bond donors (Lipinski definition) is 1. The van der Waals surface area contributed by atoms with Gasteiger partial charge >= 0.3 is 0 Å². The largest absolute Gasteiger partial charge is 0.388 e. The SMILES string of the molecule is CCCN(C)CCC.CNc1ccccc1. The van der Waals surface area contributed by atoms with E-state index >= 15 is 0 Å². The molecule has 1 aromatic carbocycles. The molecule has 0 bridgehead atoms. The van der Waals surface area contributed by atoms with Crippen molar-refractivity contribution < 1.29 is 0 Å². The van der Waals surface area contributed by atoms with Gasteiger partial charge in [-0.2, -0.15) is 0 Å². The number of rotatable bonds is 5. The summed E-state index contributed by atoms with van der Waals surface area (Å²) in [6.45, 7) is 6.92. The van der Waals surface area contributed by atoms with E-state index in [9.17, 15) is 0 Å². The maximum atomic E-state index is 3.03. The summed E-state index contributed by atoms with van der Waals surface area (Å²) in [5.74, 6) is 0. The fraction of sp³-hybridized carbons (Fsp3) is 0.571. The van der Waals surface area contributed by atoms with Crippen molar-refractivity contribution in [2.24, 2.45) is 0 Å². The van der Waals surface area contributed by atoms with E-state index in [0.29, 0.717) is 0 Å². The molecule has 2 nitrogen and oxygen atoms in total. The van der Waals surface area contributed by atoms with Crippen LogP contribution < -0.4 is 5.32 Å². The molecular formula is C14H26N2. The summed E-state index contributed by atoms with van der Waals surface area (Å²) in [5.41, 5.74) is 1.16. The number of nitrogens with one attached hydrogen (secondary N) is 1. The van der Waals surface area contributed by atoms with Crippen molar-refractivity contribution in [3.63, 3.8) is 0 Å². The Hall–Kier alpha value is -1.02. The molecule has 0 heterocycles. The molecule has 0 fully saturated rings. The van der Waals surface area contributed by atoms with Crippen molar-refractivity contribution in [2.75, 3.05) is 32.5 Å². The molecule has 0 aliphatic rings. The zero-order valence-electron chi connectivity index (χ0n) is 11.2. The Balaban J connectivity index is 0.000000281. The van der Waals surface area contributed by atoms with Crippen molar-refractivity contribution in [3.05, 3.63) is 30.3 Å². The number of para-hydroxylation sites is 1. The molecule has 0 saturated carbocycles. The highest BCUT2D eigenvalue weighted by Gasteiger charge is 1.90. The van der Waals surface area contributed by atoms with Gasteiger partial charge in [0.05, 0.1) is 0 Å². The van der Waals surface area contributed by atoms with Gasteiger partial charge in [-0.3, -0.25) is 0 Å². The summed E-state index contributed by atoms with van der Waals surface area (Å²) in [6.07, 6.45) is 2.55. The molecule has 1 rings (SSSR count). The van der Waals surface area contributed by atoms with Crippen molar-refractivity contribution in [1.82, 2.24) is 4.90 Å². The van der Waals surface area contributed by atoms with Crippen molar-refractivity contribution in [2.45, 2.75) is 26.7 Å². The molecule has 0 aromatic heterocycles. The number of anilines is 1. The number of benzene rings is 1. The average molecular weight is 222 g/mol. The van der Waals surface area contributed by atoms with E-state index < -0.39 is 0 Å². The Labute approximate surface area is 101 Å². The predicted molar refractivity (Wildman–Crippen MR) is 74.1 cm³/mol. The highest BCUT2D eigenvalue weighted by Crippen LogP contribution is 2.01. The van der Waals surface area contributed by atoms with Gasteiger partial charge in [0.25, 0.3) is 0 Å². The molecule has 0 unspecified atom stereocenters.